The van der Waals surface area contributed by atoms with Gasteiger partial charge in [-0.15, -0.1) is 0 Å². The molecule has 0 bridgehead atoms. The highest BCUT2D eigenvalue weighted by atomic mass is 16.5. The van der Waals surface area contributed by atoms with Gasteiger partial charge in [-0.2, -0.15) is 5.10 Å². The number of imide groups is 1. The van der Waals surface area contributed by atoms with Gasteiger partial charge in [-0.1, -0.05) is 12.1 Å². The number of hydrogen-bond donors (Lipinski definition) is 1. The number of urea groups is 1. The number of amides is 3. The van der Waals surface area contributed by atoms with E-state index in [0.29, 0.717) is 25.9 Å². The Morgan fingerprint density at radius 2 is 1.53 bits per heavy atom. The number of hydrogen-bond acceptors (Lipinski definition) is 6. The van der Waals surface area contributed by atoms with Gasteiger partial charge in [0, 0.05) is 37.8 Å². The number of nitrogens with zero attached hydrogens (tertiary/aromatic N) is 4. The molecule has 0 radical (unpaired) electrons. The largest absolute Gasteiger partial charge is 0.497 e. The van der Waals surface area contributed by atoms with Crippen molar-refractivity contribution in [2.24, 2.45) is 0 Å². The lowest BCUT2D eigenvalue weighted by Gasteiger charge is -2.40. The van der Waals surface area contributed by atoms with Crippen molar-refractivity contribution in [2.75, 3.05) is 34.4 Å². The third kappa shape index (κ3) is 4.19. The fourth-order valence-electron chi connectivity index (χ4n) is 5.21. The Balaban J connectivity index is 1.25. The summed E-state index contributed by atoms with van der Waals surface area (Å²) in [6, 6.07) is 15.1. The summed E-state index contributed by atoms with van der Waals surface area (Å²) in [6.45, 7) is 2.41. The molecule has 1 aromatic heterocycles. The van der Waals surface area contributed by atoms with Crippen LogP contribution in [-0.4, -0.2) is 76.7 Å². The SMILES string of the molecule is COc1ccc(CN2C(=O)N(C)C3(CCN(Cc4cn[nH]c4-c4ccc(OC)cc4)CC3)C2=O)cc1. The zero-order valence-corrected chi connectivity index (χ0v) is 20.9. The molecule has 188 valence electrons. The van der Waals surface area contributed by atoms with Crippen LogP contribution in [0.25, 0.3) is 11.3 Å². The Bertz CT molecular complexity index is 1230. The lowest BCUT2D eigenvalue weighted by molar-refractivity contribution is -0.135. The number of aromatic nitrogens is 2. The molecule has 3 amide bonds. The van der Waals surface area contributed by atoms with Crippen molar-refractivity contribution < 1.29 is 19.1 Å². The summed E-state index contributed by atoms with van der Waals surface area (Å²) in [5.41, 5.74) is 3.23. The Hall–Kier alpha value is -3.85. The van der Waals surface area contributed by atoms with E-state index in [9.17, 15) is 9.59 Å². The van der Waals surface area contributed by atoms with Crippen molar-refractivity contribution in [1.82, 2.24) is 24.9 Å². The smallest absolute Gasteiger partial charge is 0.327 e. The second-order valence-electron chi connectivity index (χ2n) is 9.39. The van der Waals surface area contributed by atoms with Gasteiger partial charge in [0.25, 0.3) is 5.91 Å². The summed E-state index contributed by atoms with van der Waals surface area (Å²) in [5.74, 6) is 1.45. The number of methoxy groups -OCH3 is 2. The molecule has 3 heterocycles. The summed E-state index contributed by atoms with van der Waals surface area (Å²) in [5, 5.41) is 7.38. The van der Waals surface area contributed by atoms with Crippen LogP contribution in [0.3, 0.4) is 0 Å². The Kier molecular flexibility index (Phi) is 6.40. The van der Waals surface area contributed by atoms with Crippen molar-refractivity contribution in [2.45, 2.75) is 31.5 Å². The number of nitrogens with one attached hydrogen (secondary N) is 1. The van der Waals surface area contributed by atoms with Gasteiger partial charge in [-0.25, -0.2) is 4.79 Å². The average molecular weight is 490 g/mol. The normalized spacial score (nSPS) is 17.8. The van der Waals surface area contributed by atoms with Gasteiger partial charge in [0.2, 0.25) is 0 Å². The molecule has 9 heteroatoms. The zero-order valence-electron chi connectivity index (χ0n) is 20.9. The number of carbonyl (C=O) groups excluding carboxylic acids is 2. The van der Waals surface area contributed by atoms with Crippen LogP contribution >= 0.6 is 0 Å². The average Bonchev–Trinajstić information content (AvgIpc) is 3.44. The molecule has 5 rings (SSSR count). The molecule has 1 N–H and O–H groups in total. The maximum atomic E-state index is 13.5. The fourth-order valence-corrected chi connectivity index (χ4v) is 5.21. The number of piperidine rings is 1. The molecule has 2 saturated heterocycles. The van der Waals surface area contributed by atoms with Crippen molar-refractivity contribution >= 4 is 11.9 Å². The van der Waals surface area contributed by atoms with Gasteiger partial charge in [0.05, 0.1) is 32.7 Å². The lowest BCUT2D eigenvalue weighted by atomic mass is 9.86. The van der Waals surface area contributed by atoms with Crippen LogP contribution in [0.2, 0.25) is 0 Å². The van der Waals surface area contributed by atoms with Gasteiger partial charge in [0.1, 0.15) is 17.0 Å². The maximum absolute atomic E-state index is 13.5. The topological polar surface area (TPSA) is 91.0 Å². The number of benzene rings is 2. The quantitative estimate of drug-likeness (QED) is 0.511. The third-order valence-corrected chi connectivity index (χ3v) is 7.48. The molecule has 1 spiro atoms. The summed E-state index contributed by atoms with van der Waals surface area (Å²) in [6.07, 6.45) is 3.06. The molecule has 2 aliphatic rings. The standard InChI is InChI=1S/C27H31N5O4/c1-30-26(34)32(17-19-4-8-22(35-2)9-5-19)25(33)27(30)12-14-31(15-13-27)18-21-16-28-29-24(21)20-6-10-23(36-3)11-7-20/h4-11,16H,12-15,17-18H2,1-3H3,(H,28,29). The number of rotatable bonds is 7. The summed E-state index contributed by atoms with van der Waals surface area (Å²) >= 11 is 0. The van der Waals surface area contributed by atoms with Crippen molar-refractivity contribution in [1.29, 1.82) is 0 Å². The van der Waals surface area contributed by atoms with E-state index in [1.54, 1.807) is 26.2 Å². The highest BCUT2D eigenvalue weighted by molar-refractivity contribution is 6.06. The molecule has 0 saturated carbocycles. The van der Waals surface area contributed by atoms with Gasteiger partial charge in [-0.3, -0.25) is 19.7 Å². The first-order valence-corrected chi connectivity index (χ1v) is 12.1. The monoisotopic (exact) mass is 489 g/mol. The summed E-state index contributed by atoms with van der Waals surface area (Å²) in [7, 11) is 5.01. The predicted octanol–water partition coefficient (Wildman–Crippen LogP) is 3.52. The zero-order chi connectivity index (χ0) is 25.3. The number of likely N-dealkylation sites (tertiary alicyclic amines) is 1. The van der Waals surface area contributed by atoms with Gasteiger partial charge in [-0.05, 0) is 54.8 Å². The number of aromatic amines is 1. The van der Waals surface area contributed by atoms with E-state index in [2.05, 4.69) is 15.1 Å². The van der Waals surface area contributed by atoms with Crippen LogP contribution in [0.1, 0.15) is 24.0 Å². The van der Waals surface area contributed by atoms with Crippen LogP contribution in [0, 0.1) is 0 Å². The fraction of sp³-hybridized carbons (Fsp3) is 0.370. The number of carbonyl (C=O) groups is 2. The molecule has 2 fully saturated rings. The predicted molar refractivity (Wildman–Crippen MR) is 135 cm³/mol. The van der Waals surface area contributed by atoms with E-state index in [1.165, 1.54) is 4.90 Å². The van der Waals surface area contributed by atoms with Crippen molar-refractivity contribution in [3.05, 3.63) is 65.9 Å². The van der Waals surface area contributed by atoms with Crippen LogP contribution in [-0.2, 0) is 17.9 Å². The Morgan fingerprint density at radius 3 is 2.14 bits per heavy atom. The van der Waals surface area contributed by atoms with E-state index in [4.69, 9.17) is 9.47 Å². The van der Waals surface area contributed by atoms with Crippen LogP contribution in [0.15, 0.2) is 54.7 Å². The van der Waals surface area contributed by atoms with Crippen LogP contribution in [0.5, 0.6) is 11.5 Å². The minimum atomic E-state index is -0.782. The van der Waals surface area contributed by atoms with Gasteiger partial charge in [0.15, 0.2) is 0 Å². The maximum Gasteiger partial charge on any atom is 0.327 e. The highest BCUT2D eigenvalue weighted by Crippen LogP contribution is 2.37. The Morgan fingerprint density at radius 1 is 0.917 bits per heavy atom. The van der Waals surface area contributed by atoms with E-state index in [-0.39, 0.29) is 18.5 Å². The van der Waals surface area contributed by atoms with E-state index >= 15 is 0 Å². The van der Waals surface area contributed by atoms with E-state index in [1.807, 2.05) is 54.7 Å². The molecular formula is C27H31N5O4. The minimum Gasteiger partial charge on any atom is -0.497 e. The molecule has 36 heavy (non-hydrogen) atoms. The van der Waals surface area contributed by atoms with Gasteiger partial charge >= 0.3 is 6.03 Å². The highest BCUT2D eigenvalue weighted by Gasteiger charge is 2.56. The molecule has 2 aromatic carbocycles. The van der Waals surface area contributed by atoms with Gasteiger partial charge < -0.3 is 14.4 Å². The van der Waals surface area contributed by atoms with E-state index in [0.717, 1.165) is 40.4 Å². The van der Waals surface area contributed by atoms with Crippen LogP contribution < -0.4 is 9.47 Å². The van der Waals surface area contributed by atoms with Crippen LogP contribution in [0.4, 0.5) is 4.79 Å². The minimum absolute atomic E-state index is 0.104. The number of likely N-dealkylation sites (N-methyl/N-ethyl adjacent to an activating group) is 1. The summed E-state index contributed by atoms with van der Waals surface area (Å²) in [4.78, 5) is 32.0. The number of H-pyrrole nitrogens is 1. The summed E-state index contributed by atoms with van der Waals surface area (Å²) < 4.78 is 10.5. The molecule has 0 atom stereocenters. The first-order chi connectivity index (χ1) is 17.4. The van der Waals surface area contributed by atoms with Crippen molar-refractivity contribution in [3.63, 3.8) is 0 Å². The second kappa shape index (κ2) is 9.66. The first-order valence-electron chi connectivity index (χ1n) is 12.1. The first kappa shape index (κ1) is 23.9. The Labute approximate surface area is 210 Å². The third-order valence-electron chi connectivity index (χ3n) is 7.48. The molecule has 0 aliphatic carbocycles. The van der Waals surface area contributed by atoms with Crippen molar-refractivity contribution in [3.8, 4) is 22.8 Å². The second-order valence-corrected chi connectivity index (χ2v) is 9.39. The lowest BCUT2D eigenvalue weighted by Crippen LogP contribution is -2.55. The number of ether oxygens (including phenoxy) is 2. The molecule has 9 nitrogen and oxygen atoms in total. The van der Waals surface area contributed by atoms with E-state index < -0.39 is 5.54 Å². The molecular weight excluding hydrogens is 458 g/mol. The molecule has 3 aromatic rings. The molecule has 2 aliphatic heterocycles. The molecule has 0 unspecified atom stereocenters.